The van der Waals surface area contributed by atoms with Crippen molar-refractivity contribution in [3.8, 4) is 11.5 Å². The molecule has 0 radical (unpaired) electrons. The molecule has 0 bridgehead atoms. The van der Waals surface area contributed by atoms with Crippen LogP contribution in [0.2, 0.25) is 19.6 Å². The summed E-state index contributed by atoms with van der Waals surface area (Å²) in [5, 5.41) is 0. The highest BCUT2D eigenvalue weighted by Crippen LogP contribution is 2.48. The summed E-state index contributed by atoms with van der Waals surface area (Å²) in [5.74, 6) is 2.80. The summed E-state index contributed by atoms with van der Waals surface area (Å²) in [5.41, 5.74) is 3.04. The number of ether oxygens (including phenoxy) is 2. The Labute approximate surface area is 126 Å². The van der Waals surface area contributed by atoms with Gasteiger partial charge in [0.15, 0.2) is 11.9 Å². The summed E-state index contributed by atoms with van der Waals surface area (Å²) in [6, 6.07) is 0. The van der Waals surface area contributed by atoms with E-state index in [4.69, 9.17) is 9.47 Å². The normalized spacial score (nSPS) is 33.8. The van der Waals surface area contributed by atoms with Crippen LogP contribution in [0.4, 0.5) is 0 Å². The molecule has 4 heteroatoms. The molecule has 1 heterocycles. The van der Waals surface area contributed by atoms with Gasteiger partial charge in [-0.3, -0.25) is 0 Å². The fourth-order valence-corrected chi connectivity index (χ4v) is 3.85. The van der Waals surface area contributed by atoms with Crippen LogP contribution in [0.3, 0.4) is 0 Å². The molecular weight excluding hydrogens is 320 g/mol. The topological polar surface area (TPSA) is 18.5 Å². The van der Waals surface area contributed by atoms with Gasteiger partial charge in [-0.2, -0.15) is 0 Å². The summed E-state index contributed by atoms with van der Waals surface area (Å²) in [7, 11) is -1.40. The van der Waals surface area contributed by atoms with Crippen molar-refractivity contribution in [3.63, 3.8) is 0 Å². The highest BCUT2D eigenvalue weighted by Gasteiger charge is 2.54. The van der Waals surface area contributed by atoms with Crippen molar-refractivity contribution >= 4 is 24.0 Å². The lowest BCUT2D eigenvalue weighted by atomic mass is 9.86. The van der Waals surface area contributed by atoms with E-state index in [2.05, 4.69) is 53.1 Å². The van der Waals surface area contributed by atoms with E-state index in [9.17, 15) is 0 Å². The zero-order valence-electron chi connectivity index (χ0n) is 12.5. The first-order valence-electron chi connectivity index (χ1n) is 6.91. The van der Waals surface area contributed by atoms with Crippen molar-refractivity contribution in [2.24, 2.45) is 0 Å². The highest BCUT2D eigenvalue weighted by molar-refractivity contribution is 9.11. The number of allylic oxidation sites excluding steroid dienone is 1. The summed E-state index contributed by atoms with van der Waals surface area (Å²) < 4.78 is 13.4. The Morgan fingerprint density at radius 3 is 2.63 bits per heavy atom. The van der Waals surface area contributed by atoms with E-state index in [1.807, 2.05) is 13.8 Å². The lowest BCUT2D eigenvalue weighted by Gasteiger charge is -2.34. The van der Waals surface area contributed by atoms with E-state index < -0.39 is 19.5 Å². The van der Waals surface area contributed by atoms with Crippen LogP contribution < -0.4 is 0 Å². The van der Waals surface area contributed by atoms with Gasteiger partial charge >= 0.3 is 0 Å². The van der Waals surface area contributed by atoms with Gasteiger partial charge in [0.1, 0.15) is 13.7 Å². The molecule has 0 aromatic carbocycles. The van der Waals surface area contributed by atoms with E-state index in [1.54, 1.807) is 0 Å². The van der Waals surface area contributed by atoms with Gasteiger partial charge in [0, 0.05) is 4.48 Å². The second kappa shape index (κ2) is 5.03. The molecule has 2 atom stereocenters. The largest absolute Gasteiger partial charge is 0.335 e. The van der Waals surface area contributed by atoms with Crippen LogP contribution in [0.15, 0.2) is 10.6 Å². The number of hydrogen-bond donors (Lipinski definition) is 0. The predicted octanol–water partition coefficient (Wildman–Crippen LogP) is 4.22. The van der Waals surface area contributed by atoms with Crippen molar-refractivity contribution in [2.75, 3.05) is 0 Å². The number of halogens is 1. The van der Waals surface area contributed by atoms with Gasteiger partial charge in [0.05, 0.1) is 0 Å². The molecule has 106 valence electrons. The molecular formula is C15H23BrO2Si. The zero-order valence-corrected chi connectivity index (χ0v) is 15.1. The van der Waals surface area contributed by atoms with Crippen LogP contribution in [-0.4, -0.2) is 25.6 Å². The second-order valence-electron chi connectivity index (χ2n) is 6.85. The highest BCUT2D eigenvalue weighted by atomic mass is 79.9. The Kier molecular flexibility index (Phi) is 4.06. The second-order valence-corrected chi connectivity index (χ2v) is 12.5. The monoisotopic (exact) mass is 342 g/mol. The first-order valence-corrected chi connectivity index (χ1v) is 11.2. The van der Waals surface area contributed by atoms with E-state index in [0.717, 1.165) is 23.7 Å². The van der Waals surface area contributed by atoms with E-state index >= 15 is 0 Å². The molecule has 0 N–H and O–H groups in total. The van der Waals surface area contributed by atoms with E-state index in [0.29, 0.717) is 0 Å². The maximum atomic E-state index is 6.24. The quantitative estimate of drug-likeness (QED) is 0.484. The van der Waals surface area contributed by atoms with Crippen LogP contribution in [-0.2, 0) is 9.47 Å². The molecule has 0 amide bonds. The molecule has 1 spiro atoms. The minimum Gasteiger partial charge on any atom is -0.335 e. The van der Waals surface area contributed by atoms with E-state index in [1.165, 1.54) is 0 Å². The average molecular weight is 343 g/mol. The smallest absolute Gasteiger partial charge is 0.166 e. The van der Waals surface area contributed by atoms with Gasteiger partial charge in [0.25, 0.3) is 0 Å². The van der Waals surface area contributed by atoms with Crippen LogP contribution in [0, 0.1) is 11.5 Å². The molecule has 1 fully saturated rings. The van der Waals surface area contributed by atoms with Gasteiger partial charge in [0.2, 0.25) is 0 Å². The minimum absolute atomic E-state index is 0.167. The molecule has 1 aliphatic carbocycles. The molecule has 2 rings (SSSR count). The average Bonchev–Trinajstić information content (AvgIpc) is 2.51. The Morgan fingerprint density at radius 2 is 2.05 bits per heavy atom. The molecule has 0 aromatic heterocycles. The Hall–Kier alpha value is -0.0831. The SMILES string of the molecule is CC1(C)O[C@@H](C#C[Si](C)(C)C)[C@]2(CCCC=C2Br)O1. The van der Waals surface area contributed by atoms with Crippen molar-refractivity contribution in [2.45, 2.75) is 70.2 Å². The molecule has 0 saturated carbocycles. The van der Waals surface area contributed by atoms with E-state index in [-0.39, 0.29) is 6.10 Å². The molecule has 0 aromatic rings. The lowest BCUT2D eigenvalue weighted by Crippen LogP contribution is -2.41. The van der Waals surface area contributed by atoms with Gasteiger partial charge < -0.3 is 9.47 Å². The van der Waals surface area contributed by atoms with Gasteiger partial charge in [-0.05, 0) is 33.1 Å². The van der Waals surface area contributed by atoms with Crippen molar-refractivity contribution in [1.29, 1.82) is 0 Å². The fourth-order valence-electron chi connectivity index (χ4n) is 2.57. The third kappa shape index (κ3) is 3.33. The molecule has 1 saturated heterocycles. The molecule has 19 heavy (non-hydrogen) atoms. The molecule has 2 aliphatic rings. The Bertz CT molecular complexity index is 453. The first kappa shape index (κ1) is 15.3. The van der Waals surface area contributed by atoms with Crippen molar-refractivity contribution in [1.82, 2.24) is 0 Å². The third-order valence-electron chi connectivity index (χ3n) is 3.31. The summed E-state index contributed by atoms with van der Waals surface area (Å²) >= 11 is 3.68. The lowest BCUT2D eigenvalue weighted by molar-refractivity contribution is -0.155. The van der Waals surface area contributed by atoms with Crippen LogP contribution in [0.5, 0.6) is 0 Å². The first-order chi connectivity index (χ1) is 8.65. The van der Waals surface area contributed by atoms with Gasteiger partial charge in [-0.1, -0.05) is 47.6 Å². The molecule has 1 aliphatic heterocycles. The minimum atomic E-state index is -1.40. The predicted molar refractivity (Wildman–Crippen MR) is 84.8 cm³/mol. The van der Waals surface area contributed by atoms with Crippen molar-refractivity contribution < 1.29 is 9.47 Å². The zero-order chi connectivity index (χ0) is 14.3. The molecule has 0 unspecified atom stereocenters. The standard InChI is InChI=1S/C15H23BrO2Si/c1-14(2)17-13(9-11-19(3,4)5)15(18-14)10-7-6-8-12(15)16/h8,13H,6-7,10H2,1-5H3/t13-,15+/m0/s1. The summed E-state index contributed by atoms with van der Waals surface area (Å²) in [6.45, 7) is 10.7. The molecule has 2 nitrogen and oxygen atoms in total. The summed E-state index contributed by atoms with van der Waals surface area (Å²) in [4.78, 5) is 0. The van der Waals surface area contributed by atoms with Crippen LogP contribution in [0.25, 0.3) is 0 Å². The Balaban J connectivity index is 2.36. The number of rotatable bonds is 0. The maximum absolute atomic E-state index is 6.24. The van der Waals surface area contributed by atoms with Gasteiger partial charge in [-0.15, -0.1) is 5.54 Å². The Morgan fingerprint density at radius 1 is 1.37 bits per heavy atom. The number of hydrogen-bond acceptors (Lipinski definition) is 2. The summed E-state index contributed by atoms with van der Waals surface area (Å²) in [6.07, 6.45) is 5.23. The van der Waals surface area contributed by atoms with Gasteiger partial charge in [-0.25, -0.2) is 0 Å². The van der Waals surface area contributed by atoms with Crippen LogP contribution >= 0.6 is 15.9 Å². The third-order valence-corrected chi connectivity index (χ3v) is 5.20. The maximum Gasteiger partial charge on any atom is 0.166 e. The van der Waals surface area contributed by atoms with Crippen molar-refractivity contribution in [3.05, 3.63) is 10.6 Å². The van der Waals surface area contributed by atoms with Crippen LogP contribution in [0.1, 0.15) is 33.1 Å². The fraction of sp³-hybridized carbons (Fsp3) is 0.733.